The van der Waals surface area contributed by atoms with Crippen molar-refractivity contribution in [3.63, 3.8) is 0 Å². The van der Waals surface area contributed by atoms with Crippen molar-refractivity contribution >= 4 is 28.9 Å². The van der Waals surface area contributed by atoms with Gasteiger partial charge in [0.1, 0.15) is 10.7 Å². The normalized spacial score (nSPS) is 14.5. The average molecular weight is 289 g/mol. The molecule has 3 rings (SSSR count). The second kappa shape index (κ2) is 5.47. The summed E-state index contributed by atoms with van der Waals surface area (Å²) < 4.78 is 0. The Kier molecular flexibility index (Phi) is 3.71. The number of thioether (sulfide) groups is 1. The molecule has 98 valence electrons. The molecule has 0 bridgehead atoms. The van der Waals surface area contributed by atoms with E-state index in [0.29, 0.717) is 6.42 Å². The molecule has 1 aliphatic rings. The lowest BCUT2D eigenvalue weighted by Crippen LogP contribution is -2.08. The van der Waals surface area contributed by atoms with Gasteiger partial charge in [0.05, 0.1) is 5.75 Å². The van der Waals surface area contributed by atoms with Crippen LogP contribution in [0.3, 0.4) is 0 Å². The molecule has 0 unspecified atom stereocenters. The molecule has 0 spiro atoms. The minimum absolute atomic E-state index is 0.226. The van der Waals surface area contributed by atoms with E-state index in [2.05, 4.69) is 36.2 Å². The van der Waals surface area contributed by atoms with Gasteiger partial charge in [0.2, 0.25) is 0 Å². The molecule has 0 aliphatic heterocycles. The van der Waals surface area contributed by atoms with E-state index in [-0.39, 0.29) is 5.78 Å². The quantitative estimate of drug-likeness (QED) is 0.791. The van der Waals surface area contributed by atoms with Crippen molar-refractivity contribution in [3.05, 3.63) is 45.4 Å². The Morgan fingerprint density at radius 2 is 2.26 bits per heavy atom. The molecule has 0 N–H and O–H groups in total. The van der Waals surface area contributed by atoms with Crippen LogP contribution in [0.5, 0.6) is 0 Å². The van der Waals surface area contributed by atoms with Crippen LogP contribution in [0.25, 0.3) is 0 Å². The van der Waals surface area contributed by atoms with Gasteiger partial charge in [-0.05, 0) is 31.9 Å². The minimum Gasteiger partial charge on any atom is -0.292 e. The Labute approximate surface area is 121 Å². The van der Waals surface area contributed by atoms with Crippen LogP contribution in [-0.2, 0) is 12.2 Å². The van der Waals surface area contributed by atoms with E-state index in [0.717, 1.165) is 29.3 Å². The first-order valence-electron chi connectivity index (χ1n) is 6.43. The molecule has 0 atom stereocenters. The molecule has 0 saturated carbocycles. The van der Waals surface area contributed by atoms with E-state index in [9.17, 15) is 4.79 Å². The summed E-state index contributed by atoms with van der Waals surface area (Å²) in [5.74, 6) is 1.08. The third kappa shape index (κ3) is 2.90. The number of hydrogen-bond acceptors (Lipinski definition) is 4. The molecule has 1 aliphatic carbocycles. The average Bonchev–Trinajstić information content (AvgIpc) is 2.81. The van der Waals surface area contributed by atoms with Gasteiger partial charge in [0.15, 0.2) is 5.78 Å². The number of hydrogen-bond donors (Lipinski definition) is 0. The fourth-order valence-electron chi connectivity index (χ4n) is 2.23. The van der Waals surface area contributed by atoms with Crippen LogP contribution in [0.4, 0.5) is 0 Å². The van der Waals surface area contributed by atoms with Crippen molar-refractivity contribution in [3.8, 4) is 0 Å². The van der Waals surface area contributed by atoms with Crippen LogP contribution >= 0.6 is 23.1 Å². The van der Waals surface area contributed by atoms with Gasteiger partial charge in [-0.1, -0.05) is 17.7 Å². The van der Waals surface area contributed by atoms with Crippen LogP contribution in [-0.4, -0.2) is 10.8 Å². The smallest absolute Gasteiger partial charge is 0.182 e. The fourth-order valence-corrected chi connectivity index (χ4v) is 4.36. The SMILES string of the molecule is Cc1cccc(SCc2nc3c(s2)CCCC3=O)c1. The van der Waals surface area contributed by atoms with E-state index >= 15 is 0 Å². The lowest BCUT2D eigenvalue weighted by atomic mass is 10.0. The largest absolute Gasteiger partial charge is 0.292 e. The second-order valence-corrected chi connectivity index (χ2v) is 6.98. The van der Waals surface area contributed by atoms with E-state index in [1.165, 1.54) is 15.3 Å². The summed E-state index contributed by atoms with van der Waals surface area (Å²) in [6.45, 7) is 2.10. The van der Waals surface area contributed by atoms with Crippen molar-refractivity contribution in [1.29, 1.82) is 0 Å². The van der Waals surface area contributed by atoms with Gasteiger partial charge < -0.3 is 0 Å². The molecule has 19 heavy (non-hydrogen) atoms. The van der Waals surface area contributed by atoms with Crippen LogP contribution in [0, 0.1) is 6.92 Å². The number of carbonyl (C=O) groups is 1. The molecular formula is C15H15NOS2. The third-order valence-corrected chi connectivity index (χ3v) is 5.47. The fraction of sp³-hybridized carbons (Fsp3) is 0.333. The molecule has 1 aromatic heterocycles. The van der Waals surface area contributed by atoms with Crippen molar-refractivity contribution < 1.29 is 4.79 Å². The Hall–Kier alpha value is -1.13. The van der Waals surface area contributed by atoms with Crippen molar-refractivity contribution in [1.82, 2.24) is 4.98 Å². The third-order valence-electron chi connectivity index (χ3n) is 3.17. The first-order chi connectivity index (χ1) is 9.22. The predicted molar refractivity (Wildman–Crippen MR) is 80.1 cm³/mol. The summed E-state index contributed by atoms with van der Waals surface area (Å²) >= 11 is 3.50. The number of fused-ring (bicyclic) bond motifs is 1. The zero-order chi connectivity index (χ0) is 13.2. The number of ketones is 1. The zero-order valence-electron chi connectivity index (χ0n) is 10.8. The summed E-state index contributed by atoms with van der Waals surface area (Å²) in [6.07, 6.45) is 2.67. The maximum Gasteiger partial charge on any atom is 0.182 e. The number of benzene rings is 1. The van der Waals surface area contributed by atoms with Crippen LogP contribution in [0.1, 0.15) is 38.8 Å². The lowest BCUT2D eigenvalue weighted by Gasteiger charge is -2.06. The van der Waals surface area contributed by atoms with Gasteiger partial charge >= 0.3 is 0 Å². The van der Waals surface area contributed by atoms with Gasteiger partial charge in [-0.3, -0.25) is 4.79 Å². The number of Topliss-reactive ketones (excluding diaryl/α,β-unsaturated/α-hetero) is 1. The second-order valence-electron chi connectivity index (χ2n) is 4.76. The number of rotatable bonds is 3. The predicted octanol–water partition coefficient (Wildman–Crippen LogP) is 4.26. The summed E-state index contributed by atoms with van der Waals surface area (Å²) in [5, 5.41) is 1.08. The topological polar surface area (TPSA) is 30.0 Å². The van der Waals surface area contributed by atoms with E-state index in [4.69, 9.17) is 0 Å². The van der Waals surface area contributed by atoms with Crippen LogP contribution < -0.4 is 0 Å². The van der Waals surface area contributed by atoms with E-state index in [1.807, 2.05) is 0 Å². The zero-order valence-corrected chi connectivity index (χ0v) is 12.4. The monoisotopic (exact) mass is 289 g/mol. The minimum atomic E-state index is 0.226. The molecular weight excluding hydrogens is 274 g/mol. The van der Waals surface area contributed by atoms with Gasteiger partial charge in [0, 0.05) is 16.2 Å². The summed E-state index contributed by atoms with van der Waals surface area (Å²) in [7, 11) is 0. The Morgan fingerprint density at radius 1 is 1.37 bits per heavy atom. The Balaban J connectivity index is 1.72. The highest BCUT2D eigenvalue weighted by molar-refractivity contribution is 7.98. The van der Waals surface area contributed by atoms with Gasteiger partial charge in [-0.2, -0.15) is 0 Å². The van der Waals surface area contributed by atoms with Crippen molar-refractivity contribution in [2.45, 2.75) is 36.8 Å². The van der Waals surface area contributed by atoms with E-state index < -0.39 is 0 Å². The lowest BCUT2D eigenvalue weighted by molar-refractivity contribution is 0.0968. The number of nitrogens with zero attached hydrogens (tertiary/aromatic N) is 1. The number of thiazole rings is 1. The first kappa shape index (κ1) is 12.9. The summed E-state index contributed by atoms with van der Waals surface area (Å²) in [5.41, 5.74) is 2.02. The maximum absolute atomic E-state index is 11.8. The highest BCUT2D eigenvalue weighted by Crippen LogP contribution is 2.31. The van der Waals surface area contributed by atoms with Crippen molar-refractivity contribution in [2.75, 3.05) is 0 Å². The summed E-state index contributed by atoms with van der Waals surface area (Å²) in [6, 6.07) is 8.48. The maximum atomic E-state index is 11.8. The van der Waals surface area contributed by atoms with Gasteiger partial charge in [-0.15, -0.1) is 23.1 Å². The van der Waals surface area contributed by atoms with Gasteiger partial charge in [0.25, 0.3) is 0 Å². The summed E-state index contributed by atoms with van der Waals surface area (Å²) in [4.78, 5) is 18.7. The molecule has 0 amide bonds. The van der Waals surface area contributed by atoms with Crippen molar-refractivity contribution in [2.24, 2.45) is 0 Å². The number of carbonyl (C=O) groups excluding carboxylic acids is 1. The Morgan fingerprint density at radius 3 is 3.05 bits per heavy atom. The van der Waals surface area contributed by atoms with E-state index in [1.54, 1.807) is 23.1 Å². The molecule has 4 heteroatoms. The van der Waals surface area contributed by atoms with Crippen LogP contribution in [0.2, 0.25) is 0 Å². The van der Waals surface area contributed by atoms with Crippen LogP contribution in [0.15, 0.2) is 29.2 Å². The molecule has 1 aromatic carbocycles. The molecule has 0 radical (unpaired) electrons. The number of aromatic nitrogens is 1. The molecule has 0 saturated heterocycles. The Bertz CT molecular complexity index is 618. The highest BCUT2D eigenvalue weighted by atomic mass is 32.2. The van der Waals surface area contributed by atoms with Gasteiger partial charge in [-0.25, -0.2) is 4.98 Å². The first-order valence-corrected chi connectivity index (χ1v) is 8.24. The molecule has 1 heterocycles. The molecule has 2 nitrogen and oxygen atoms in total. The molecule has 0 fully saturated rings. The number of aryl methyl sites for hydroxylation is 2. The highest BCUT2D eigenvalue weighted by Gasteiger charge is 2.21. The molecule has 2 aromatic rings. The standard InChI is InChI=1S/C15H15NOS2/c1-10-4-2-5-11(8-10)18-9-14-16-15-12(17)6-3-7-13(15)19-14/h2,4-5,8H,3,6-7,9H2,1H3.